The Morgan fingerprint density at radius 3 is 2.39 bits per heavy atom. The van der Waals surface area contributed by atoms with Crippen molar-refractivity contribution < 1.29 is 4.79 Å². The molecule has 4 N–H and O–H groups in total. The molecule has 1 aliphatic heterocycles. The normalized spacial score (nSPS) is 16.5. The quantitative estimate of drug-likeness (QED) is 0.709. The van der Waals surface area contributed by atoms with Crippen LogP contribution >= 0.6 is 0 Å². The molecule has 0 saturated carbocycles. The van der Waals surface area contributed by atoms with E-state index >= 15 is 0 Å². The zero-order valence-corrected chi connectivity index (χ0v) is 16.9. The van der Waals surface area contributed by atoms with Crippen molar-refractivity contribution in [2.24, 2.45) is 0 Å². The van der Waals surface area contributed by atoms with Gasteiger partial charge in [-0.25, -0.2) is 9.97 Å². The minimum absolute atomic E-state index is 0.0303. The maximum atomic E-state index is 12.6. The van der Waals surface area contributed by atoms with Crippen LogP contribution in [-0.4, -0.2) is 45.9 Å². The van der Waals surface area contributed by atoms with E-state index in [2.05, 4.69) is 49.8 Å². The Morgan fingerprint density at radius 1 is 1.18 bits per heavy atom. The summed E-state index contributed by atoms with van der Waals surface area (Å²) in [5.74, 6) is 0.404. The predicted octanol–water partition coefficient (Wildman–Crippen LogP) is 2.26. The molecule has 7 nitrogen and oxygen atoms in total. The number of carbonyl (C=O) groups excluding carboxylic acids is 1. The third-order valence-corrected chi connectivity index (χ3v) is 5.25. The van der Waals surface area contributed by atoms with Crippen LogP contribution in [0.15, 0.2) is 30.3 Å². The minimum Gasteiger partial charge on any atom is -0.396 e. The highest BCUT2D eigenvalue weighted by Gasteiger charge is 2.23. The predicted molar refractivity (Wildman–Crippen MR) is 112 cm³/mol. The molecule has 0 bridgehead atoms. The number of hydrogen-bond acceptors (Lipinski definition) is 6. The zero-order chi connectivity index (χ0) is 20.1. The van der Waals surface area contributed by atoms with Gasteiger partial charge in [-0.1, -0.05) is 30.3 Å². The van der Waals surface area contributed by atoms with E-state index in [4.69, 9.17) is 5.73 Å². The molecule has 0 radical (unpaired) electrons. The van der Waals surface area contributed by atoms with E-state index in [0.717, 1.165) is 32.5 Å². The van der Waals surface area contributed by atoms with Gasteiger partial charge in [0.25, 0.3) is 0 Å². The molecule has 2 aromatic rings. The summed E-state index contributed by atoms with van der Waals surface area (Å²) < 4.78 is 0. The summed E-state index contributed by atoms with van der Waals surface area (Å²) in [5.41, 5.74) is 9.24. The van der Waals surface area contributed by atoms with Gasteiger partial charge in [-0.3, -0.25) is 9.69 Å². The van der Waals surface area contributed by atoms with Gasteiger partial charge < -0.3 is 16.4 Å². The highest BCUT2D eigenvalue weighted by Crippen LogP contribution is 2.16. The van der Waals surface area contributed by atoms with E-state index in [1.165, 1.54) is 5.56 Å². The number of aromatic nitrogens is 2. The molecule has 0 aliphatic carbocycles. The van der Waals surface area contributed by atoms with E-state index in [1.807, 2.05) is 26.8 Å². The molecule has 1 atom stereocenters. The largest absolute Gasteiger partial charge is 0.396 e. The summed E-state index contributed by atoms with van der Waals surface area (Å²) in [6.45, 7) is 8.44. The lowest BCUT2D eigenvalue weighted by molar-refractivity contribution is -0.122. The van der Waals surface area contributed by atoms with Crippen LogP contribution in [0.1, 0.15) is 36.7 Å². The summed E-state index contributed by atoms with van der Waals surface area (Å²) in [7, 11) is 0. The summed E-state index contributed by atoms with van der Waals surface area (Å²) in [4.78, 5) is 23.6. The van der Waals surface area contributed by atoms with Gasteiger partial charge in [0.1, 0.15) is 6.04 Å². The first-order valence-corrected chi connectivity index (χ1v) is 9.86. The number of hydrogen-bond donors (Lipinski definition) is 3. The molecule has 1 saturated heterocycles. The number of carbonyl (C=O) groups is 1. The second-order valence-electron chi connectivity index (χ2n) is 7.54. The highest BCUT2D eigenvalue weighted by atomic mass is 16.2. The smallest absolute Gasteiger partial charge is 0.242 e. The zero-order valence-electron chi connectivity index (χ0n) is 16.9. The van der Waals surface area contributed by atoms with Crippen LogP contribution in [0.5, 0.6) is 0 Å². The molecule has 1 aliphatic rings. The third kappa shape index (κ3) is 5.19. The molecule has 28 heavy (non-hydrogen) atoms. The van der Waals surface area contributed by atoms with Gasteiger partial charge in [-0.05, 0) is 39.2 Å². The number of anilines is 2. The van der Waals surface area contributed by atoms with Crippen molar-refractivity contribution in [3.05, 3.63) is 47.3 Å². The van der Waals surface area contributed by atoms with Gasteiger partial charge in [0.05, 0.1) is 17.1 Å². The maximum absolute atomic E-state index is 12.6. The number of amides is 1. The van der Waals surface area contributed by atoms with Gasteiger partial charge in [0, 0.05) is 25.7 Å². The van der Waals surface area contributed by atoms with Gasteiger partial charge in [-0.2, -0.15) is 0 Å². The summed E-state index contributed by atoms with van der Waals surface area (Å²) in [5, 5.41) is 6.24. The fraction of sp³-hybridized carbons (Fsp3) is 0.476. The standard InChI is InChI=1S/C21H30N6O/c1-14-19(22)15(2)24-21(23-14)25-16(3)20(28)26-18-9-11-27(12-10-18)13-17-7-5-4-6-8-17/h4-8,16,18H,9-13,22H2,1-3H3,(H,26,28)(H,23,24,25). The molecule has 150 valence electrons. The number of aryl methyl sites for hydroxylation is 2. The van der Waals surface area contributed by atoms with Crippen molar-refractivity contribution in [2.45, 2.75) is 52.2 Å². The lowest BCUT2D eigenvalue weighted by Gasteiger charge is -2.33. The van der Waals surface area contributed by atoms with Crippen LogP contribution < -0.4 is 16.4 Å². The average molecular weight is 383 g/mol. The second-order valence-corrected chi connectivity index (χ2v) is 7.54. The molecular weight excluding hydrogens is 352 g/mol. The monoisotopic (exact) mass is 382 g/mol. The lowest BCUT2D eigenvalue weighted by Crippen LogP contribution is -2.48. The maximum Gasteiger partial charge on any atom is 0.242 e. The summed E-state index contributed by atoms with van der Waals surface area (Å²) >= 11 is 0. The van der Waals surface area contributed by atoms with Crippen LogP contribution in [0.4, 0.5) is 11.6 Å². The van der Waals surface area contributed by atoms with Crippen molar-refractivity contribution in [3.63, 3.8) is 0 Å². The number of likely N-dealkylation sites (tertiary alicyclic amines) is 1. The topological polar surface area (TPSA) is 96.2 Å². The lowest BCUT2D eigenvalue weighted by atomic mass is 10.0. The van der Waals surface area contributed by atoms with Crippen molar-refractivity contribution in [3.8, 4) is 0 Å². The number of benzene rings is 1. The fourth-order valence-electron chi connectivity index (χ4n) is 3.45. The number of nitrogens with zero attached hydrogens (tertiary/aromatic N) is 3. The number of rotatable bonds is 6. The Hall–Kier alpha value is -2.67. The first-order valence-electron chi connectivity index (χ1n) is 9.86. The van der Waals surface area contributed by atoms with Gasteiger partial charge in [0.15, 0.2) is 0 Å². The highest BCUT2D eigenvalue weighted by molar-refractivity contribution is 5.84. The molecule has 3 rings (SSSR count). The van der Waals surface area contributed by atoms with Crippen molar-refractivity contribution in [1.82, 2.24) is 20.2 Å². The van der Waals surface area contributed by atoms with E-state index in [-0.39, 0.29) is 11.9 Å². The molecule has 0 spiro atoms. The van der Waals surface area contributed by atoms with Crippen LogP contribution in [0.3, 0.4) is 0 Å². The third-order valence-electron chi connectivity index (χ3n) is 5.25. The van der Waals surface area contributed by atoms with Crippen LogP contribution in [-0.2, 0) is 11.3 Å². The van der Waals surface area contributed by atoms with Crippen molar-refractivity contribution >= 4 is 17.5 Å². The molecule has 1 aromatic carbocycles. The molecule has 7 heteroatoms. The number of nitrogens with one attached hydrogen (secondary N) is 2. The van der Waals surface area contributed by atoms with E-state index in [0.29, 0.717) is 23.0 Å². The second kappa shape index (κ2) is 9.01. The Kier molecular flexibility index (Phi) is 6.46. The average Bonchev–Trinajstić information content (AvgIpc) is 2.68. The Labute approximate surface area is 166 Å². The first-order chi connectivity index (χ1) is 13.4. The first kappa shape index (κ1) is 20.1. The number of nitrogen functional groups attached to an aromatic ring is 1. The molecule has 2 heterocycles. The van der Waals surface area contributed by atoms with Crippen molar-refractivity contribution in [2.75, 3.05) is 24.1 Å². The minimum atomic E-state index is -0.412. The Bertz CT molecular complexity index is 779. The molecule has 1 unspecified atom stereocenters. The number of piperidine rings is 1. The van der Waals surface area contributed by atoms with E-state index in [1.54, 1.807) is 0 Å². The van der Waals surface area contributed by atoms with Gasteiger partial charge >= 0.3 is 0 Å². The fourth-order valence-corrected chi connectivity index (χ4v) is 3.45. The molecular formula is C21H30N6O. The summed E-state index contributed by atoms with van der Waals surface area (Å²) in [6, 6.07) is 10.3. The van der Waals surface area contributed by atoms with Crippen LogP contribution in [0, 0.1) is 13.8 Å². The van der Waals surface area contributed by atoms with Crippen LogP contribution in [0.2, 0.25) is 0 Å². The van der Waals surface area contributed by atoms with E-state index in [9.17, 15) is 4.79 Å². The summed E-state index contributed by atoms with van der Waals surface area (Å²) in [6.07, 6.45) is 1.92. The Morgan fingerprint density at radius 2 is 1.79 bits per heavy atom. The van der Waals surface area contributed by atoms with E-state index < -0.39 is 6.04 Å². The Balaban J connectivity index is 1.46. The van der Waals surface area contributed by atoms with Gasteiger partial charge in [0.2, 0.25) is 11.9 Å². The number of nitrogens with two attached hydrogens (primary N) is 1. The van der Waals surface area contributed by atoms with Crippen LogP contribution in [0.25, 0.3) is 0 Å². The molecule has 1 amide bonds. The van der Waals surface area contributed by atoms with Crippen molar-refractivity contribution in [1.29, 1.82) is 0 Å². The molecule has 1 fully saturated rings. The molecule has 1 aromatic heterocycles. The SMILES string of the molecule is Cc1nc(NC(C)C(=O)NC2CCN(Cc3ccccc3)CC2)nc(C)c1N. The van der Waals surface area contributed by atoms with Gasteiger partial charge in [-0.15, -0.1) is 0 Å².